The van der Waals surface area contributed by atoms with Gasteiger partial charge in [-0.05, 0) is 68.5 Å². The van der Waals surface area contributed by atoms with Crippen LogP contribution in [0.25, 0.3) is 0 Å². The van der Waals surface area contributed by atoms with Crippen LogP contribution in [-0.2, 0) is 4.74 Å². The summed E-state index contributed by atoms with van der Waals surface area (Å²) in [6.07, 6.45) is 4.31. The van der Waals surface area contributed by atoms with E-state index >= 15 is 0 Å². The second-order valence-corrected chi connectivity index (χ2v) is 7.92. The number of ether oxygens (including phenoxy) is 2. The van der Waals surface area contributed by atoms with Crippen LogP contribution in [0.1, 0.15) is 52.0 Å². The molecule has 6 heteroatoms. The molecule has 1 atom stereocenters. The van der Waals surface area contributed by atoms with Crippen LogP contribution in [-0.4, -0.2) is 49.1 Å². The molecule has 2 fully saturated rings. The quantitative estimate of drug-likeness (QED) is 0.783. The Hall–Kier alpha value is -2.86. The monoisotopic (exact) mass is 408 g/mol. The van der Waals surface area contributed by atoms with Gasteiger partial charge < -0.3 is 19.7 Å². The molecule has 2 amide bonds. The molecule has 6 nitrogen and oxygen atoms in total. The SMILES string of the molecule is Cc1cccc(NC(=O)c2ccc(OCC3CCCO3)cc2)c1C(=O)N1CCCC1. The van der Waals surface area contributed by atoms with Gasteiger partial charge in [0.05, 0.1) is 17.4 Å². The molecule has 4 rings (SSSR count). The number of nitrogens with zero attached hydrogens (tertiary/aromatic N) is 1. The lowest BCUT2D eigenvalue weighted by atomic mass is 10.0. The van der Waals surface area contributed by atoms with Crippen LogP contribution in [0.2, 0.25) is 0 Å². The van der Waals surface area contributed by atoms with Crippen molar-refractivity contribution in [3.8, 4) is 5.75 Å². The third kappa shape index (κ3) is 4.65. The number of nitrogens with one attached hydrogen (secondary N) is 1. The summed E-state index contributed by atoms with van der Waals surface area (Å²) < 4.78 is 11.3. The lowest BCUT2D eigenvalue weighted by Gasteiger charge is -2.19. The first-order chi connectivity index (χ1) is 14.6. The fourth-order valence-corrected chi connectivity index (χ4v) is 4.00. The van der Waals surface area contributed by atoms with Crippen LogP contribution in [0.5, 0.6) is 5.75 Å². The molecule has 1 unspecified atom stereocenters. The van der Waals surface area contributed by atoms with Crippen molar-refractivity contribution in [3.05, 3.63) is 59.2 Å². The summed E-state index contributed by atoms with van der Waals surface area (Å²) in [5, 5.41) is 2.92. The second-order valence-electron chi connectivity index (χ2n) is 7.92. The lowest BCUT2D eigenvalue weighted by molar-refractivity contribution is 0.0679. The Balaban J connectivity index is 1.43. The predicted octanol–water partition coefficient (Wildman–Crippen LogP) is 4.04. The fourth-order valence-electron chi connectivity index (χ4n) is 4.00. The molecule has 0 bridgehead atoms. The van der Waals surface area contributed by atoms with Crippen LogP contribution in [0.15, 0.2) is 42.5 Å². The molecule has 2 aromatic carbocycles. The Bertz CT molecular complexity index is 898. The van der Waals surface area contributed by atoms with E-state index in [1.54, 1.807) is 30.3 Å². The minimum Gasteiger partial charge on any atom is -0.491 e. The molecule has 2 heterocycles. The molecule has 2 aromatic rings. The number of hydrogen-bond acceptors (Lipinski definition) is 4. The molecular formula is C24H28N2O4. The average Bonchev–Trinajstić information content (AvgIpc) is 3.46. The van der Waals surface area contributed by atoms with Gasteiger partial charge in [0.1, 0.15) is 12.4 Å². The first-order valence-corrected chi connectivity index (χ1v) is 10.7. The van der Waals surface area contributed by atoms with Crippen molar-refractivity contribution in [2.45, 2.75) is 38.7 Å². The van der Waals surface area contributed by atoms with E-state index in [9.17, 15) is 9.59 Å². The maximum atomic E-state index is 13.0. The summed E-state index contributed by atoms with van der Waals surface area (Å²) >= 11 is 0. The third-order valence-electron chi connectivity index (χ3n) is 5.70. The van der Waals surface area contributed by atoms with E-state index in [4.69, 9.17) is 9.47 Å². The van der Waals surface area contributed by atoms with Gasteiger partial charge in [-0.15, -0.1) is 0 Å². The van der Waals surface area contributed by atoms with Crippen LogP contribution in [0, 0.1) is 6.92 Å². The number of carbonyl (C=O) groups is 2. The van der Waals surface area contributed by atoms with Crippen LogP contribution < -0.4 is 10.1 Å². The highest BCUT2D eigenvalue weighted by molar-refractivity contribution is 6.09. The lowest BCUT2D eigenvalue weighted by Crippen LogP contribution is -2.29. The van der Waals surface area contributed by atoms with Gasteiger partial charge in [0.2, 0.25) is 0 Å². The number of anilines is 1. The predicted molar refractivity (Wildman–Crippen MR) is 115 cm³/mol. The number of aryl methyl sites for hydroxylation is 1. The van der Waals surface area contributed by atoms with Crippen molar-refractivity contribution in [2.75, 3.05) is 31.6 Å². The third-order valence-corrected chi connectivity index (χ3v) is 5.70. The zero-order valence-electron chi connectivity index (χ0n) is 17.4. The Labute approximate surface area is 177 Å². The number of amides is 2. The zero-order valence-corrected chi connectivity index (χ0v) is 17.4. The maximum absolute atomic E-state index is 13.0. The summed E-state index contributed by atoms with van der Waals surface area (Å²) in [6, 6.07) is 12.6. The molecule has 30 heavy (non-hydrogen) atoms. The van der Waals surface area contributed by atoms with Gasteiger partial charge in [-0.3, -0.25) is 9.59 Å². The van der Waals surface area contributed by atoms with Gasteiger partial charge >= 0.3 is 0 Å². The average molecular weight is 408 g/mol. The summed E-state index contributed by atoms with van der Waals surface area (Å²) in [5.41, 5.74) is 2.50. The summed E-state index contributed by atoms with van der Waals surface area (Å²) in [5.74, 6) is 0.447. The molecule has 0 spiro atoms. The van der Waals surface area contributed by atoms with Crippen molar-refractivity contribution in [1.29, 1.82) is 0 Å². The van der Waals surface area contributed by atoms with Gasteiger partial charge in [-0.2, -0.15) is 0 Å². The number of benzene rings is 2. The van der Waals surface area contributed by atoms with Crippen LogP contribution in [0.4, 0.5) is 5.69 Å². The summed E-state index contributed by atoms with van der Waals surface area (Å²) in [6.45, 7) is 4.77. The first kappa shape index (κ1) is 20.4. The van der Waals surface area contributed by atoms with Gasteiger partial charge in [-0.1, -0.05) is 12.1 Å². The smallest absolute Gasteiger partial charge is 0.256 e. The normalized spacial score (nSPS) is 18.4. The van der Waals surface area contributed by atoms with Crippen molar-refractivity contribution in [1.82, 2.24) is 4.90 Å². The molecule has 2 aliphatic rings. The Morgan fingerprint density at radius 1 is 1.10 bits per heavy atom. The van der Waals surface area contributed by atoms with Crippen LogP contribution >= 0.6 is 0 Å². The van der Waals surface area contributed by atoms with E-state index in [1.165, 1.54) is 0 Å². The number of rotatable bonds is 6. The van der Waals surface area contributed by atoms with Crippen molar-refractivity contribution < 1.29 is 19.1 Å². The minimum atomic E-state index is -0.248. The standard InChI is InChI=1S/C24H28N2O4/c1-17-6-4-8-21(22(17)24(28)26-13-2-3-14-26)25-23(27)18-9-11-19(12-10-18)30-16-20-7-5-15-29-20/h4,6,8-12,20H,2-3,5,7,13-16H2,1H3,(H,25,27). The van der Waals surface area contributed by atoms with Crippen molar-refractivity contribution in [2.24, 2.45) is 0 Å². The molecule has 0 aliphatic carbocycles. The summed E-state index contributed by atoms with van der Waals surface area (Å²) in [7, 11) is 0. The number of hydrogen-bond donors (Lipinski definition) is 1. The van der Waals surface area contributed by atoms with Gasteiger partial charge in [0, 0.05) is 25.3 Å². The van der Waals surface area contributed by atoms with E-state index in [0.717, 1.165) is 50.9 Å². The Morgan fingerprint density at radius 3 is 2.57 bits per heavy atom. The first-order valence-electron chi connectivity index (χ1n) is 10.7. The van der Waals surface area contributed by atoms with Crippen molar-refractivity contribution in [3.63, 3.8) is 0 Å². The molecule has 0 radical (unpaired) electrons. The minimum absolute atomic E-state index is 0.0150. The van der Waals surface area contributed by atoms with E-state index in [2.05, 4.69) is 5.32 Å². The molecule has 0 saturated carbocycles. The van der Waals surface area contributed by atoms with E-state index in [-0.39, 0.29) is 17.9 Å². The van der Waals surface area contributed by atoms with Crippen LogP contribution in [0.3, 0.4) is 0 Å². The van der Waals surface area contributed by atoms with E-state index in [1.807, 2.05) is 24.0 Å². The largest absolute Gasteiger partial charge is 0.491 e. The molecule has 1 N–H and O–H groups in total. The molecular weight excluding hydrogens is 380 g/mol. The zero-order chi connectivity index (χ0) is 20.9. The summed E-state index contributed by atoms with van der Waals surface area (Å²) in [4.78, 5) is 27.6. The highest BCUT2D eigenvalue weighted by Gasteiger charge is 2.24. The van der Waals surface area contributed by atoms with Crippen molar-refractivity contribution >= 4 is 17.5 Å². The molecule has 2 aliphatic heterocycles. The van der Waals surface area contributed by atoms with Gasteiger partial charge in [0.25, 0.3) is 11.8 Å². The van der Waals surface area contributed by atoms with E-state index < -0.39 is 0 Å². The molecule has 158 valence electrons. The highest BCUT2D eigenvalue weighted by Crippen LogP contribution is 2.25. The fraction of sp³-hybridized carbons (Fsp3) is 0.417. The number of likely N-dealkylation sites (tertiary alicyclic amines) is 1. The highest BCUT2D eigenvalue weighted by atomic mass is 16.5. The van der Waals surface area contributed by atoms with Gasteiger partial charge in [0.15, 0.2) is 0 Å². The molecule has 2 saturated heterocycles. The topological polar surface area (TPSA) is 67.9 Å². The maximum Gasteiger partial charge on any atom is 0.256 e. The van der Waals surface area contributed by atoms with E-state index in [0.29, 0.717) is 29.2 Å². The van der Waals surface area contributed by atoms with Gasteiger partial charge in [-0.25, -0.2) is 0 Å². The number of carbonyl (C=O) groups excluding carboxylic acids is 2. The molecule has 0 aromatic heterocycles. The Morgan fingerprint density at radius 2 is 1.87 bits per heavy atom. The second kappa shape index (κ2) is 9.30. The Kier molecular flexibility index (Phi) is 6.33.